The zero-order valence-electron chi connectivity index (χ0n) is 14.3. The van der Waals surface area contributed by atoms with Crippen molar-refractivity contribution in [1.29, 1.82) is 0 Å². The van der Waals surface area contributed by atoms with Crippen molar-refractivity contribution in [3.8, 4) is 5.75 Å². The van der Waals surface area contributed by atoms with Gasteiger partial charge in [0.2, 0.25) is 0 Å². The maximum absolute atomic E-state index is 12.6. The molecule has 0 bridgehead atoms. The summed E-state index contributed by atoms with van der Waals surface area (Å²) in [7, 11) is 1.62. The van der Waals surface area contributed by atoms with Gasteiger partial charge in [-0.05, 0) is 42.0 Å². The Balaban J connectivity index is 1.41. The Kier molecular flexibility index (Phi) is 4.39. The van der Waals surface area contributed by atoms with Crippen LogP contribution in [-0.4, -0.2) is 37.7 Å². The van der Waals surface area contributed by atoms with Gasteiger partial charge in [0.15, 0.2) is 0 Å². The number of methoxy groups -OCH3 is 1. The van der Waals surface area contributed by atoms with Gasteiger partial charge in [-0.3, -0.25) is 0 Å². The molecule has 0 saturated carbocycles. The summed E-state index contributed by atoms with van der Waals surface area (Å²) in [5, 5.41) is 5.12. The molecule has 25 heavy (non-hydrogen) atoms. The average Bonchev–Trinajstić information content (AvgIpc) is 3.13. The van der Waals surface area contributed by atoms with Gasteiger partial charge in [0.1, 0.15) is 5.75 Å². The van der Waals surface area contributed by atoms with Gasteiger partial charge < -0.3 is 19.7 Å². The number of carbonyl (C=O) groups is 1. The third-order valence-corrected chi connectivity index (χ3v) is 6.10. The van der Waals surface area contributed by atoms with E-state index >= 15 is 0 Å². The van der Waals surface area contributed by atoms with E-state index in [0.717, 1.165) is 37.3 Å². The van der Waals surface area contributed by atoms with Crippen LogP contribution in [0.5, 0.6) is 5.75 Å². The van der Waals surface area contributed by atoms with Crippen LogP contribution in [0.1, 0.15) is 23.3 Å². The van der Waals surface area contributed by atoms with Crippen molar-refractivity contribution in [2.75, 3.05) is 32.1 Å². The quantitative estimate of drug-likeness (QED) is 0.887. The Hall–Kier alpha value is -2.05. The molecule has 1 spiro atoms. The predicted molar refractivity (Wildman–Crippen MR) is 98.5 cm³/mol. The standard InChI is InChI=1S/C19H22N2O3S/c1-23-15-4-2-3-14(13-15)20-18(22)21-9-7-19(8-10-21)16-6-12-25-17(16)5-11-24-19/h2-4,6,12-13H,5,7-11H2,1H3,(H,20,22). The summed E-state index contributed by atoms with van der Waals surface area (Å²) in [6.45, 7) is 2.18. The number of nitrogens with one attached hydrogen (secondary N) is 1. The highest BCUT2D eigenvalue weighted by atomic mass is 32.1. The Morgan fingerprint density at radius 2 is 2.16 bits per heavy atom. The van der Waals surface area contributed by atoms with Crippen LogP contribution in [0.3, 0.4) is 0 Å². The number of likely N-dealkylation sites (tertiary alicyclic amines) is 1. The first-order valence-electron chi connectivity index (χ1n) is 8.61. The Morgan fingerprint density at radius 3 is 2.96 bits per heavy atom. The number of thiophene rings is 1. The summed E-state index contributed by atoms with van der Waals surface area (Å²) in [5.41, 5.74) is 1.90. The maximum Gasteiger partial charge on any atom is 0.321 e. The average molecular weight is 358 g/mol. The molecule has 2 aliphatic heterocycles. The van der Waals surface area contributed by atoms with E-state index < -0.39 is 0 Å². The van der Waals surface area contributed by atoms with Gasteiger partial charge in [-0.15, -0.1) is 11.3 Å². The predicted octanol–water partition coefficient (Wildman–Crippen LogP) is 3.85. The minimum absolute atomic E-state index is 0.0653. The number of hydrogen-bond acceptors (Lipinski definition) is 4. The third-order valence-electron chi connectivity index (χ3n) is 5.12. The lowest BCUT2D eigenvalue weighted by atomic mass is 9.82. The first-order chi connectivity index (χ1) is 12.2. The first kappa shape index (κ1) is 16.4. The van der Waals surface area contributed by atoms with E-state index in [1.165, 1.54) is 10.4 Å². The molecule has 2 aromatic rings. The fourth-order valence-corrected chi connectivity index (χ4v) is 4.70. The van der Waals surface area contributed by atoms with Crippen molar-refractivity contribution in [3.05, 3.63) is 46.2 Å². The van der Waals surface area contributed by atoms with E-state index in [1.54, 1.807) is 7.11 Å². The topological polar surface area (TPSA) is 50.8 Å². The number of nitrogens with zero attached hydrogens (tertiary/aromatic N) is 1. The molecule has 132 valence electrons. The Bertz CT molecular complexity index is 766. The van der Waals surface area contributed by atoms with Gasteiger partial charge in [-0.2, -0.15) is 0 Å². The van der Waals surface area contributed by atoms with E-state index in [0.29, 0.717) is 13.1 Å². The summed E-state index contributed by atoms with van der Waals surface area (Å²) < 4.78 is 11.4. The molecule has 1 aromatic heterocycles. The monoisotopic (exact) mass is 358 g/mol. The highest BCUT2D eigenvalue weighted by Crippen LogP contribution is 2.43. The summed E-state index contributed by atoms with van der Waals surface area (Å²) in [5.74, 6) is 0.732. The fourth-order valence-electron chi connectivity index (χ4n) is 3.75. The number of urea groups is 1. The second kappa shape index (κ2) is 6.69. The zero-order valence-corrected chi connectivity index (χ0v) is 15.1. The number of rotatable bonds is 2. The lowest BCUT2D eigenvalue weighted by Gasteiger charge is -2.44. The van der Waals surface area contributed by atoms with Gasteiger partial charge in [0.25, 0.3) is 0 Å². The molecule has 2 aliphatic rings. The molecule has 1 aromatic carbocycles. The van der Waals surface area contributed by atoms with Crippen LogP contribution in [0.25, 0.3) is 0 Å². The lowest BCUT2D eigenvalue weighted by molar-refractivity contribution is -0.0912. The summed E-state index contributed by atoms with van der Waals surface area (Å²) in [6.07, 6.45) is 2.71. The van der Waals surface area contributed by atoms with Gasteiger partial charge in [0.05, 0.1) is 19.3 Å². The second-order valence-corrected chi connectivity index (χ2v) is 7.50. The molecule has 1 saturated heterocycles. The fraction of sp³-hybridized carbons (Fsp3) is 0.421. The minimum atomic E-state index is -0.194. The van der Waals surface area contributed by atoms with Crippen molar-refractivity contribution >= 4 is 23.1 Å². The molecule has 4 rings (SSSR count). The number of amides is 2. The normalized spacial score (nSPS) is 18.7. The van der Waals surface area contributed by atoms with Crippen molar-refractivity contribution in [2.24, 2.45) is 0 Å². The van der Waals surface area contributed by atoms with Crippen LogP contribution in [0, 0.1) is 0 Å². The van der Waals surface area contributed by atoms with Crippen LogP contribution in [0.4, 0.5) is 10.5 Å². The molecule has 0 atom stereocenters. The van der Waals surface area contributed by atoms with Crippen molar-refractivity contribution in [2.45, 2.75) is 24.9 Å². The number of hydrogen-bond donors (Lipinski definition) is 1. The summed E-state index contributed by atoms with van der Waals surface area (Å²) in [6, 6.07) is 9.56. The number of anilines is 1. The number of fused-ring (bicyclic) bond motifs is 2. The Labute approximate surface area is 151 Å². The van der Waals surface area contributed by atoms with Crippen molar-refractivity contribution in [3.63, 3.8) is 0 Å². The highest BCUT2D eigenvalue weighted by Gasteiger charge is 2.42. The number of benzene rings is 1. The van der Waals surface area contributed by atoms with E-state index in [9.17, 15) is 4.79 Å². The van der Waals surface area contributed by atoms with E-state index in [-0.39, 0.29) is 11.6 Å². The van der Waals surface area contributed by atoms with E-state index in [1.807, 2.05) is 40.5 Å². The minimum Gasteiger partial charge on any atom is -0.497 e. The molecule has 5 nitrogen and oxygen atoms in total. The third kappa shape index (κ3) is 3.12. The zero-order chi connectivity index (χ0) is 17.3. The summed E-state index contributed by atoms with van der Waals surface area (Å²) in [4.78, 5) is 15.9. The molecule has 0 aliphatic carbocycles. The van der Waals surface area contributed by atoms with E-state index in [2.05, 4.69) is 16.8 Å². The molecule has 6 heteroatoms. The van der Waals surface area contributed by atoms with Gasteiger partial charge in [-0.1, -0.05) is 6.07 Å². The van der Waals surface area contributed by atoms with Gasteiger partial charge >= 0.3 is 6.03 Å². The molecule has 1 N–H and O–H groups in total. The van der Waals surface area contributed by atoms with Crippen LogP contribution in [0.15, 0.2) is 35.7 Å². The molecule has 0 unspecified atom stereocenters. The van der Waals surface area contributed by atoms with Crippen molar-refractivity contribution < 1.29 is 14.3 Å². The maximum atomic E-state index is 12.6. The van der Waals surface area contributed by atoms with Crippen LogP contribution >= 0.6 is 11.3 Å². The Morgan fingerprint density at radius 1 is 1.32 bits per heavy atom. The largest absolute Gasteiger partial charge is 0.497 e. The molecule has 2 amide bonds. The summed E-state index contributed by atoms with van der Waals surface area (Å²) >= 11 is 1.82. The number of carbonyl (C=O) groups excluding carboxylic acids is 1. The number of piperidine rings is 1. The first-order valence-corrected chi connectivity index (χ1v) is 9.49. The molecule has 3 heterocycles. The highest BCUT2D eigenvalue weighted by molar-refractivity contribution is 7.10. The molecule has 0 radical (unpaired) electrons. The lowest BCUT2D eigenvalue weighted by Crippen LogP contribution is -2.49. The number of ether oxygens (including phenoxy) is 2. The SMILES string of the molecule is COc1cccc(NC(=O)N2CCC3(CC2)OCCc2sccc23)c1. The van der Waals surface area contributed by atoms with E-state index in [4.69, 9.17) is 9.47 Å². The van der Waals surface area contributed by atoms with Crippen LogP contribution < -0.4 is 10.1 Å². The van der Waals surface area contributed by atoms with Crippen LogP contribution in [0.2, 0.25) is 0 Å². The smallest absolute Gasteiger partial charge is 0.321 e. The molecular weight excluding hydrogens is 336 g/mol. The van der Waals surface area contributed by atoms with Gasteiger partial charge in [-0.25, -0.2) is 4.79 Å². The van der Waals surface area contributed by atoms with Gasteiger partial charge in [0, 0.05) is 36.1 Å². The molecule has 1 fully saturated rings. The molecular formula is C19H22N2O3S. The van der Waals surface area contributed by atoms with Crippen LogP contribution in [-0.2, 0) is 16.8 Å². The van der Waals surface area contributed by atoms with Crippen molar-refractivity contribution in [1.82, 2.24) is 4.90 Å². The second-order valence-electron chi connectivity index (χ2n) is 6.50.